The van der Waals surface area contributed by atoms with Crippen molar-refractivity contribution < 1.29 is 13.9 Å². The number of hydrogen-bond acceptors (Lipinski definition) is 5. The average Bonchev–Trinajstić information content (AvgIpc) is 3.16. The van der Waals surface area contributed by atoms with E-state index in [-0.39, 0.29) is 23.0 Å². The van der Waals surface area contributed by atoms with E-state index in [1.54, 1.807) is 25.6 Å². The van der Waals surface area contributed by atoms with Gasteiger partial charge in [0.15, 0.2) is 5.16 Å². The van der Waals surface area contributed by atoms with E-state index in [9.17, 15) is 9.18 Å². The van der Waals surface area contributed by atoms with Gasteiger partial charge in [0.05, 0.1) is 18.4 Å². The first-order chi connectivity index (χ1) is 13.5. The Kier molecular flexibility index (Phi) is 6.30. The number of rotatable bonds is 7. The summed E-state index contributed by atoms with van der Waals surface area (Å²) in [4.78, 5) is 12.6. The molecule has 1 aromatic heterocycles. The Labute approximate surface area is 167 Å². The van der Waals surface area contributed by atoms with Crippen LogP contribution in [-0.2, 0) is 4.79 Å². The molecule has 0 saturated heterocycles. The normalized spacial score (nSPS) is 13.0. The Morgan fingerprint density at radius 3 is 2.46 bits per heavy atom. The van der Waals surface area contributed by atoms with Crippen molar-refractivity contribution in [1.82, 2.24) is 20.1 Å². The third-order valence-corrected chi connectivity index (χ3v) is 5.30. The minimum Gasteiger partial charge on any atom is -0.497 e. The van der Waals surface area contributed by atoms with E-state index in [4.69, 9.17) is 4.74 Å². The number of ether oxygens (including phenoxy) is 1. The number of thioether (sulfide) groups is 1. The number of carbonyl (C=O) groups is 1. The molecule has 2 aromatic carbocycles. The summed E-state index contributed by atoms with van der Waals surface area (Å²) in [6, 6.07) is 13.4. The van der Waals surface area contributed by atoms with Crippen molar-refractivity contribution in [3.63, 3.8) is 0 Å². The number of nitrogens with one attached hydrogen (secondary N) is 1. The lowest BCUT2D eigenvalue weighted by Crippen LogP contribution is -2.33. The summed E-state index contributed by atoms with van der Waals surface area (Å²) >= 11 is 1.32. The van der Waals surface area contributed by atoms with Crippen molar-refractivity contribution in [3.05, 3.63) is 66.2 Å². The van der Waals surface area contributed by atoms with Crippen LogP contribution in [-0.4, -0.2) is 33.0 Å². The largest absolute Gasteiger partial charge is 0.497 e. The van der Waals surface area contributed by atoms with Crippen molar-refractivity contribution in [2.24, 2.45) is 0 Å². The number of aromatic nitrogens is 3. The molecule has 0 aliphatic carbocycles. The van der Waals surface area contributed by atoms with E-state index < -0.39 is 0 Å². The van der Waals surface area contributed by atoms with E-state index in [1.807, 2.05) is 42.7 Å². The highest BCUT2D eigenvalue weighted by Crippen LogP contribution is 2.25. The van der Waals surface area contributed by atoms with Crippen LogP contribution in [0.4, 0.5) is 4.39 Å². The van der Waals surface area contributed by atoms with Gasteiger partial charge in [-0.1, -0.05) is 23.9 Å². The molecule has 1 heterocycles. The Balaban J connectivity index is 1.65. The summed E-state index contributed by atoms with van der Waals surface area (Å²) in [6.07, 6.45) is 1.61. The molecular weight excluding hydrogens is 379 g/mol. The molecule has 6 nitrogen and oxygen atoms in total. The number of methoxy groups -OCH3 is 1. The van der Waals surface area contributed by atoms with Gasteiger partial charge in [0.1, 0.15) is 17.9 Å². The zero-order chi connectivity index (χ0) is 20.1. The minimum absolute atomic E-state index is 0.133. The van der Waals surface area contributed by atoms with Crippen LogP contribution in [0.15, 0.2) is 60.0 Å². The summed E-state index contributed by atoms with van der Waals surface area (Å²) in [5, 5.41) is 11.3. The first kappa shape index (κ1) is 19.9. The molecule has 0 aliphatic heterocycles. The van der Waals surface area contributed by atoms with Crippen LogP contribution in [0.25, 0.3) is 5.69 Å². The van der Waals surface area contributed by atoms with E-state index >= 15 is 0 Å². The molecule has 0 fully saturated rings. The molecule has 0 unspecified atom stereocenters. The zero-order valence-electron chi connectivity index (χ0n) is 15.8. The minimum atomic E-state index is -0.385. The molecule has 28 heavy (non-hydrogen) atoms. The predicted molar refractivity (Wildman–Crippen MR) is 106 cm³/mol. The third-order valence-electron chi connectivity index (χ3n) is 4.25. The molecular formula is C20H21FN4O2S. The van der Waals surface area contributed by atoms with Crippen molar-refractivity contribution in [3.8, 4) is 11.4 Å². The molecule has 146 valence electrons. The number of amides is 1. The van der Waals surface area contributed by atoms with Crippen molar-refractivity contribution in [1.29, 1.82) is 0 Å². The SMILES string of the molecule is COc1ccc(-n2cnnc2S[C@@H](C)C(=O)N[C@H](C)c2ccc(F)cc2)cc1. The molecule has 0 radical (unpaired) electrons. The third kappa shape index (κ3) is 4.69. The summed E-state index contributed by atoms with van der Waals surface area (Å²) in [5.41, 5.74) is 1.72. The second kappa shape index (κ2) is 8.88. The lowest BCUT2D eigenvalue weighted by molar-refractivity contribution is -0.120. The highest BCUT2D eigenvalue weighted by Gasteiger charge is 2.20. The second-order valence-electron chi connectivity index (χ2n) is 6.22. The number of benzene rings is 2. The smallest absolute Gasteiger partial charge is 0.233 e. The molecule has 1 N–H and O–H groups in total. The number of hydrogen-bond donors (Lipinski definition) is 1. The summed E-state index contributed by atoms with van der Waals surface area (Å²) in [7, 11) is 1.61. The van der Waals surface area contributed by atoms with Gasteiger partial charge in [-0.3, -0.25) is 9.36 Å². The lowest BCUT2D eigenvalue weighted by atomic mass is 10.1. The van der Waals surface area contributed by atoms with Gasteiger partial charge in [-0.25, -0.2) is 4.39 Å². The molecule has 1 amide bonds. The fourth-order valence-corrected chi connectivity index (χ4v) is 3.45. The molecule has 0 spiro atoms. The van der Waals surface area contributed by atoms with Crippen LogP contribution in [0.5, 0.6) is 5.75 Å². The van der Waals surface area contributed by atoms with Gasteiger partial charge in [-0.15, -0.1) is 10.2 Å². The van der Waals surface area contributed by atoms with Gasteiger partial charge >= 0.3 is 0 Å². The van der Waals surface area contributed by atoms with Crippen LogP contribution in [0, 0.1) is 5.82 Å². The van der Waals surface area contributed by atoms with Crippen molar-refractivity contribution in [2.75, 3.05) is 7.11 Å². The Hall–Kier alpha value is -2.87. The maximum Gasteiger partial charge on any atom is 0.233 e. The zero-order valence-corrected chi connectivity index (χ0v) is 16.6. The van der Waals surface area contributed by atoms with E-state index in [2.05, 4.69) is 15.5 Å². The highest BCUT2D eigenvalue weighted by atomic mass is 32.2. The van der Waals surface area contributed by atoms with Gasteiger partial charge in [0.25, 0.3) is 0 Å². The van der Waals surface area contributed by atoms with Gasteiger partial charge in [-0.05, 0) is 55.8 Å². The second-order valence-corrected chi connectivity index (χ2v) is 7.53. The number of nitrogens with zero attached hydrogens (tertiary/aromatic N) is 3. The van der Waals surface area contributed by atoms with Crippen LogP contribution < -0.4 is 10.1 Å². The number of halogens is 1. The molecule has 3 aromatic rings. The summed E-state index contributed by atoms with van der Waals surface area (Å²) in [6.45, 7) is 3.67. The maximum absolute atomic E-state index is 13.1. The summed E-state index contributed by atoms with van der Waals surface area (Å²) < 4.78 is 20.0. The van der Waals surface area contributed by atoms with Gasteiger partial charge in [0.2, 0.25) is 5.91 Å². The van der Waals surface area contributed by atoms with Crippen LogP contribution >= 0.6 is 11.8 Å². The maximum atomic E-state index is 13.1. The Morgan fingerprint density at radius 2 is 1.82 bits per heavy atom. The fraction of sp³-hybridized carbons (Fsp3) is 0.250. The van der Waals surface area contributed by atoms with Gasteiger partial charge in [0, 0.05) is 5.69 Å². The van der Waals surface area contributed by atoms with Crippen LogP contribution in [0.1, 0.15) is 25.5 Å². The quantitative estimate of drug-likeness (QED) is 0.612. The lowest BCUT2D eigenvalue weighted by Gasteiger charge is -2.17. The standard InChI is InChI=1S/C20H21FN4O2S/c1-13(15-4-6-16(21)7-5-15)23-19(26)14(2)28-20-24-22-12-25(20)17-8-10-18(27-3)11-9-17/h4-14H,1-3H3,(H,23,26)/t13-,14+/m1/s1. The van der Waals surface area contributed by atoms with Gasteiger partial charge in [-0.2, -0.15) is 0 Å². The Bertz CT molecular complexity index is 928. The van der Waals surface area contributed by atoms with Crippen LogP contribution in [0.3, 0.4) is 0 Å². The molecule has 0 aliphatic rings. The predicted octanol–water partition coefficient (Wildman–Crippen LogP) is 3.77. The Morgan fingerprint density at radius 1 is 1.14 bits per heavy atom. The first-order valence-corrected chi connectivity index (χ1v) is 9.63. The molecule has 8 heteroatoms. The molecule has 3 rings (SSSR count). The van der Waals surface area contributed by atoms with Crippen molar-refractivity contribution >= 4 is 17.7 Å². The first-order valence-electron chi connectivity index (χ1n) is 8.75. The molecule has 0 saturated carbocycles. The van der Waals surface area contributed by atoms with E-state index in [1.165, 1.54) is 23.9 Å². The van der Waals surface area contributed by atoms with Gasteiger partial charge < -0.3 is 10.1 Å². The van der Waals surface area contributed by atoms with E-state index in [0.29, 0.717) is 5.16 Å². The number of carbonyl (C=O) groups excluding carboxylic acids is 1. The monoisotopic (exact) mass is 400 g/mol. The highest BCUT2D eigenvalue weighted by molar-refractivity contribution is 8.00. The summed E-state index contributed by atoms with van der Waals surface area (Å²) in [5.74, 6) is 0.323. The average molecular weight is 400 g/mol. The molecule has 0 bridgehead atoms. The fourth-order valence-electron chi connectivity index (χ4n) is 2.60. The van der Waals surface area contributed by atoms with E-state index in [0.717, 1.165) is 17.0 Å². The molecule has 2 atom stereocenters. The van der Waals surface area contributed by atoms with Crippen LogP contribution in [0.2, 0.25) is 0 Å². The van der Waals surface area contributed by atoms with Crippen molar-refractivity contribution in [2.45, 2.75) is 30.3 Å². The topological polar surface area (TPSA) is 69.0 Å².